The molecule has 1 aromatic rings. The molecule has 0 spiro atoms. The lowest BCUT2D eigenvalue weighted by Crippen LogP contribution is -2.05. The first-order valence-corrected chi connectivity index (χ1v) is 6.35. The van der Waals surface area contributed by atoms with Gasteiger partial charge < -0.3 is 5.11 Å². The van der Waals surface area contributed by atoms with Crippen molar-refractivity contribution in [3.8, 4) is 0 Å². The zero-order valence-electron chi connectivity index (χ0n) is 9.52. The fourth-order valence-electron chi connectivity index (χ4n) is 3.00. The summed E-state index contributed by atoms with van der Waals surface area (Å²) in [4.78, 5) is 0. The normalized spacial score (nSPS) is 24.7. The van der Waals surface area contributed by atoms with Gasteiger partial charge in [0, 0.05) is 0 Å². The smallest absolute Gasteiger partial charge is 0.0980 e. The molecule has 3 rings (SSSR count). The topological polar surface area (TPSA) is 20.2 Å². The maximum absolute atomic E-state index is 9.70. The summed E-state index contributed by atoms with van der Waals surface area (Å²) in [5.41, 5.74) is 3.76. The van der Waals surface area contributed by atoms with Gasteiger partial charge in [-0.1, -0.05) is 49.6 Å². The minimum atomic E-state index is -0.379. The van der Waals surface area contributed by atoms with Crippen LogP contribution in [0.25, 0.3) is 6.08 Å². The third-order valence-corrected chi connectivity index (χ3v) is 3.96. The van der Waals surface area contributed by atoms with Crippen molar-refractivity contribution in [3.63, 3.8) is 0 Å². The molecule has 0 bridgehead atoms. The van der Waals surface area contributed by atoms with Crippen molar-refractivity contribution < 1.29 is 5.11 Å². The zero-order valence-corrected chi connectivity index (χ0v) is 9.52. The van der Waals surface area contributed by atoms with Crippen LogP contribution in [0.4, 0.5) is 0 Å². The first-order valence-electron chi connectivity index (χ1n) is 6.35. The molecule has 0 saturated heterocycles. The zero-order chi connectivity index (χ0) is 11.0. The van der Waals surface area contributed by atoms with Crippen LogP contribution in [0.5, 0.6) is 0 Å². The largest absolute Gasteiger partial charge is 0.384 e. The van der Waals surface area contributed by atoms with E-state index in [0.717, 1.165) is 11.5 Å². The Morgan fingerprint density at radius 3 is 2.69 bits per heavy atom. The highest BCUT2D eigenvalue weighted by molar-refractivity contribution is 5.62. The molecule has 1 fully saturated rings. The lowest BCUT2D eigenvalue weighted by atomic mass is 9.83. The minimum Gasteiger partial charge on any atom is -0.384 e. The Balaban J connectivity index is 1.89. The summed E-state index contributed by atoms with van der Waals surface area (Å²) in [5.74, 6) is 0.755. The average Bonchev–Trinajstić information content (AvgIpc) is 2.72. The van der Waals surface area contributed by atoms with E-state index in [2.05, 4.69) is 18.2 Å². The van der Waals surface area contributed by atoms with Crippen LogP contribution in [0.15, 0.2) is 24.3 Å². The van der Waals surface area contributed by atoms with Crippen LogP contribution >= 0.6 is 0 Å². The van der Waals surface area contributed by atoms with E-state index >= 15 is 0 Å². The van der Waals surface area contributed by atoms with Crippen LogP contribution < -0.4 is 0 Å². The second kappa shape index (κ2) is 4.06. The number of fused-ring (bicyclic) bond motifs is 1. The van der Waals surface area contributed by atoms with E-state index in [0.29, 0.717) is 0 Å². The molecule has 1 heteroatoms. The molecule has 0 aromatic heterocycles. The van der Waals surface area contributed by atoms with Gasteiger partial charge in [0.1, 0.15) is 0 Å². The fraction of sp³-hybridized carbons (Fsp3) is 0.467. The van der Waals surface area contributed by atoms with Gasteiger partial charge >= 0.3 is 0 Å². The number of benzene rings is 1. The van der Waals surface area contributed by atoms with Gasteiger partial charge in [0.25, 0.3) is 0 Å². The SMILES string of the molecule is OC1C=Cc2cc(C3CCCCC3)ccc21. The predicted molar refractivity (Wildman–Crippen MR) is 66.3 cm³/mol. The Kier molecular flexibility index (Phi) is 2.56. The van der Waals surface area contributed by atoms with Crippen molar-refractivity contribution in [2.24, 2.45) is 0 Å². The van der Waals surface area contributed by atoms with Crippen molar-refractivity contribution in [3.05, 3.63) is 41.0 Å². The van der Waals surface area contributed by atoms with Crippen LogP contribution in [-0.2, 0) is 0 Å². The summed E-state index contributed by atoms with van der Waals surface area (Å²) in [6.45, 7) is 0. The Hall–Kier alpha value is -1.08. The van der Waals surface area contributed by atoms with Crippen molar-refractivity contribution >= 4 is 6.08 Å². The lowest BCUT2D eigenvalue weighted by molar-refractivity contribution is 0.232. The highest BCUT2D eigenvalue weighted by atomic mass is 16.3. The molecular formula is C15H18O. The number of hydrogen-bond acceptors (Lipinski definition) is 1. The summed E-state index contributed by atoms with van der Waals surface area (Å²) in [7, 11) is 0. The standard InChI is InChI=1S/C15H18O/c16-15-9-7-13-10-12(6-8-14(13)15)11-4-2-1-3-5-11/h6-11,15-16H,1-5H2. The molecule has 0 aliphatic heterocycles. The van der Waals surface area contributed by atoms with E-state index in [1.54, 1.807) is 0 Å². The van der Waals surface area contributed by atoms with Crippen LogP contribution in [0, 0.1) is 0 Å². The second-order valence-electron chi connectivity index (χ2n) is 5.03. The molecular weight excluding hydrogens is 196 g/mol. The third-order valence-electron chi connectivity index (χ3n) is 3.96. The van der Waals surface area contributed by atoms with Gasteiger partial charge in [-0.2, -0.15) is 0 Å². The Morgan fingerprint density at radius 2 is 1.88 bits per heavy atom. The Morgan fingerprint density at radius 1 is 1.06 bits per heavy atom. The minimum absolute atomic E-state index is 0.379. The van der Waals surface area contributed by atoms with Gasteiger partial charge in [0.05, 0.1) is 6.10 Å². The van der Waals surface area contributed by atoms with Gasteiger partial charge in [0.15, 0.2) is 0 Å². The second-order valence-corrected chi connectivity index (χ2v) is 5.03. The van der Waals surface area contributed by atoms with Crippen LogP contribution in [-0.4, -0.2) is 5.11 Å². The van der Waals surface area contributed by atoms with Crippen molar-refractivity contribution in [1.29, 1.82) is 0 Å². The first kappa shape index (κ1) is 10.1. The van der Waals surface area contributed by atoms with E-state index in [4.69, 9.17) is 0 Å². The highest BCUT2D eigenvalue weighted by Gasteiger charge is 2.19. The summed E-state index contributed by atoms with van der Waals surface area (Å²) >= 11 is 0. The molecule has 16 heavy (non-hydrogen) atoms. The van der Waals surface area contributed by atoms with Crippen molar-refractivity contribution in [1.82, 2.24) is 0 Å². The quantitative estimate of drug-likeness (QED) is 0.754. The number of aliphatic hydroxyl groups excluding tert-OH is 1. The van der Waals surface area contributed by atoms with Crippen LogP contribution in [0.3, 0.4) is 0 Å². The van der Waals surface area contributed by atoms with Crippen LogP contribution in [0.2, 0.25) is 0 Å². The predicted octanol–water partition coefficient (Wildman–Crippen LogP) is 3.79. The molecule has 84 valence electrons. The molecule has 1 atom stereocenters. The molecule has 1 saturated carbocycles. The molecule has 0 radical (unpaired) electrons. The molecule has 1 unspecified atom stereocenters. The summed E-state index contributed by atoms with van der Waals surface area (Å²) in [5, 5.41) is 9.70. The van der Waals surface area contributed by atoms with Crippen LogP contribution in [0.1, 0.15) is 60.8 Å². The van der Waals surface area contributed by atoms with Crippen molar-refractivity contribution in [2.45, 2.75) is 44.1 Å². The lowest BCUT2D eigenvalue weighted by Gasteiger charge is -2.22. The maximum atomic E-state index is 9.70. The molecule has 1 N–H and O–H groups in total. The fourth-order valence-corrected chi connectivity index (χ4v) is 3.00. The van der Waals surface area contributed by atoms with E-state index in [9.17, 15) is 5.11 Å². The van der Waals surface area contributed by atoms with Crippen molar-refractivity contribution in [2.75, 3.05) is 0 Å². The molecule has 1 aromatic carbocycles. The Labute approximate surface area is 96.8 Å². The van der Waals surface area contributed by atoms with E-state index in [-0.39, 0.29) is 6.10 Å². The number of aliphatic hydroxyl groups is 1. The molecule has 2 aliphatic carbocycles. The summed E-state index contributed by atoms with van der Waals surface area (Å²) in [6, 6.07) is 6.59. The van der Waals surface area contributed by atoms with Gasteiger partial charge in [0.2, 0.25) is 0 Å². The van der Waals surface area contributed by atoms with Gasteiger partial charge in [-0.25, -0.2) is 0 Å². The van der Waals surface area contributed by atoms with Gasteiger partial charge in [-0.15, -0.1) is 0 Å². The first-order chi connectivity index (χ1) is 7.84. The van der Waals surface area contributed by atoms with E-state index in [1.807, 2.05) is 12.2 Å². The van der Waals surface area contributed by atoms with Gasteiger partial charge in [-0.3, -0.25) is 0 Å². The summed E-state index contributed by atoms with van der Waals surface area (Å²) in [6.07, 6.45) is 10.4. The monoisotopic (exact) mass is 214 g/mol. The average molecular weight is 214 g/mol. The van der Waals surface area contributed by atoms with Gasteiger partial charge in [-0.05, 0) is 35.4 Å². The maximum Gasteiger partial charge on any atom is 0.0980 e. The van der Waals surface area contributed by atoms with E-state index in [1.165, 1.54) is 43.2 Å². The highest BCUT2D eigenvalue weighted by Crippen LogP contribution is 2.36. The molecule has 1 nitrogen and oxygen atoms in total. The van der Waals surface area contributed by atoms with E-state index < -0.39 is 0 Å². The molecule has 2 aliphatic rings. The third kappa shape index (κ3) is 1.69. The number of rotatable bonds is 1. The number of hydrogen-bond donors (Lipinski definition) is 1. The molecule has 0 heterocycles. The summed E-state index contributed by atoms with van der Waals surface area (Å²) < 4.78 is 0. The molecule has 0 amide bonds. The Bertz CT molecular complexity index is 413.